The zero-order chi connectivity index (χ0) is 19.5. The normalized spacial score (nSPS) is 10.9. The van der Waals surface area contributed by atoms with Crippen molar-refractivity contribution in [1.29, 1.82) is 0 Å². The Bertz CT molecular complexity index is 1200. The molecule has 0 aliphatic rings. The molecule has 2 aromatic carbocycles. The van der Waals surface area contributed by atoms with Crippen molar-refractivity contribution in [1.82, 2.24) is 19.7 Å². The molecule has 4 rings (SSSR count). The molecule has 1 N–H and O–H groups in total. The minimum atomic E-state index is -0.548. The molecule has 0 aliphatic carbocycles. The maximum atomic E-state index is 12.3. The Hall–Kier alpha value is -3.45. The molecule has 140 valence electrons. The number of H-pyrrole nitrogens is 1. The molecule has 8 heteroatoms. The quantitative estimate of drug-likeness (QED) is 0.525. The maximum Gasteiger partial charge on any atom is 0.341 e. The molecule has 7 nitrogen and oxygen atoms in total. The van der Waals surface area contributed by atoms with Crippen LogP contribution in [-0.2, 0) is 17.9 Å². The molecule has 2 heterocycles. The minimum absolute atomic E-state index is 0.166. The summed E-state index contributed by atoms with van der Waals surface area (Å²) < 4.78 is 6.91. The molecule has 0 aliphatic heterocycles. The number of fused-ring (bicyclic) bond motifs is 1. The molecule has 28 heavy (non-hydrogen) atoms. The first kappa shape index (κ1) is 17.9. The van der Waals surface area contributed by atoms with Crippen molar-refractivity contribution in [3.63, 3.8) is 0 Å². The summed E-state index contributed by atoms with van der Waals surface area (Å²) in [7, 11) is 0. The lowest BCUT2D eigenvalue weighted by atomic mass is 10.2. The summed E-state index contributed by atoms with van der Waals surface area (Å²) in [5.74, 6) is -0.307. The van der Waals surface area contributed by atoms with E-state index in [1.807, 2.05) is 30.3 Å². The Morgan fingerprint density at radius 1 is 1.18 bits per heavy atom. The van der Waals surface area contributed by atoms with E-state index in [1.165, 1.54) is 6.20 Å². The molecule has 0 amide bonds. The lowest BCUT2D eigenvalue weighted by Gasteiger charge is -2.05. The van der Waals surface area contributed by atoms with E-state index in [1.54, 1.807) is 29.1 Å². The second-order valence-corrected chi connectivity index (χ2v) is 6.60. The van der Waals surface area contributed by atoms with Gasteiger partial charge < -0.3 is 9.72 Å². The first-order chi connectivity index (χ1) is 13.6. The Kier molecular flexibility index (Phi) is 4.90. The zero-order valence-electron chi connectivity index (χ0n) is 14.6. The Morgan fingerprint density at radius 3 is 2.82 bits per heavy atom. The lowest BCUT2D eigenvalue weighted by molar-refractivity contribution is 0.0462. The van der Waals surface area contributed by atoms with Crippen LogP contribution >= 0.6 is 11.6 Å². The summed E-state index contributed by atoms with van der Waals surface area (Å²) in [4.78, 5) is 31.3. The summed E-state index contributed by atoms with van der Waals surface area (Å²) in [5, 5.41) is 5.07. The molecule has 0 unspecified atom stereocenters. The van der Waals surface area contributed by atoms with Gasteiger partial charge >= 0.3 is 5.97 Å². The highest BCUT2D eigenvalue weighted by Gasteiger charge is 2.12. The van der Waals surface area contributed by atoms with Crippen molar-refractivity contribution in [2.75, 3.05) is 0 Å². The van der Waals surface area contributed by atoms with Crippen LogP contribution in [0.3, 0.4) is 0 Å². The Morgan fingerprint density at radius 2 is 2.00 bits per heavy atom. The van der Waals surface area contributed by atoms with Crippen LogP contribution in [0.25, 0.3) is 10.9 Å². The minimum Gasteiger partial charge on any atom is -0.454 e. The number of rotatable bonds is 5. The van der Waals surface area contributed by atoms with E-state index in [9.17, 15) is 9.59 Å². The highest BCUT2D eigenvalue weighted by molar-refractivity contribution is 6.31. The first-order valence-electron chi connectivity index (χ1n) is 8.50. The topological polar surface area (TPSA) is 89.9 Å². The number of benzene rings is 2. The third-order valence-electron chi connectivity index (χ3n) is 4.11. The molecule has 0 fully saturated rings. The predicted molar refractivity (Wildman–Crippen MR) is 104 cm³/mol. The highest BCUT2D eigenvalue weighted by Crippen LogP contribution is 2.15. The number of carbonyl (C=O) groups excluding carboxylic acids is 1. The summed E-state index contributed by atoms with van der Waals surface area (Å²) in [6.07, 6.45) is 3.06. The van der Waals surface area contributed by atoms with E-state index in [0.717, 1.165) is 5.56 Å². The monoisotopic (exact) mass is 394 g/mol. The van der Waals surface area contributed by atoms with Crippen LogP contribution in [-0.4, -0.2) is 25.7 Å². The maximum absolute atomic E-state index is 12.3. The van der Waals surface area contributed by atoms with Gasteiger partial charge in [-0.05, 0) is 23.8 Å². The van der Waals surface area contributed by atoms with E-state index in [4.69, 9.17) is 16.3 Å². The summed E-state index contributed by atoms with van der Waals surface area (Å²) in [5.41, 5.74) is 1.52. The number of hydrogen-bond acceptors (Lipinski definition) is 5. The van der Waals surface area contributed by atoms with Crippen LogP contribution in [0.5, 0.6) is 0 Å². The van der Waals surface area contributed by atoms with Crippen LogP contribution in [0.15, 0.2) is 65.7 Å². The fourth-order valence-corrected chi connectivity index (χ4v) is 2.94. The van der Waals surface area contributed by atoms with Gasteiger partial charge in [-0.1, -0.05) is 41.9 Å². The zero-order valence-corrected chi connectivity index (χ0v) is 15.4. The van der Waals surface area contributed by atoms with Gasteiger partial charge in [0.2, 0.25) is 0 Å². The van der Waals surface area contributed by atoms with Gasteiger partial charge in [0, 0.05) is 11.2 Å². The molecular formula is C20H15ClN4O3. The molecule has 0 saturated carbocycles. The number of aromatic amines is 1. The average Bonchev–Trinajstić information content (AvgIpc) is 3.15. The number of nitrogens with zero attached hydrogens (tertiary/aromatic N) is 3. The van der Waals surface area contributed by atoms with Crippen molar-refractivity contribution in [3.05, 3.63) is 93.3 Å². The summed E-state index contributed by atoms with van der Waals surface area (Å²) in [6, 6.07) is 14.6. The van der Waals surface area contributed by atoms with Gasteiger partial charge in [0.25, 0.3) is 5.56 Å². The molecule has 0 saturated heterocycles. The fourth-order valence-electron chi connectivity index (χ4n) is 2.77. The van der Waals surface area contributed by atoms with Crippen molar-refractivity contribution < 1.29 is 9.53 Å². The van der Waals surface area contributed by atoms with Crippen LogP contribution < -0.4 is 5.56 Å². The van der Waals surface area contributed by atoms with Gasteiger partial charge in [0.15, 0.2) is 0 Å². The standard InChI is InChI=1S/C20H15ClN4O3/c21-15-6-7-16-17(8-15)23-18(24-19(16)26)12-28-20(27)14-9-22-25(11-14)10-13-4-2-1-3-5-13/h1-9,11H,10,12H2,(H,23,24,26). The number of aromatic nitrogens is 4. The molecular weight excluding hydrogens is 380 g/mol. The molecule has 0 atom stereocenters. The molecule has 2 aromatic heterocycles. The molecule has 0 radical (unpaired) electrons. The van der Waals surface area contributed by atoms with Crippen LogP contribution in [0.4, 0.5) is 0 Å². The fraction of sp³-hybridized carbons (Fsp3) is 0.100. The number of nitrogens with one attached hydrogen (secondary N) is 1. The Balaban J connectivity index is 1.45. The van der Waals surface area contributed by atoms with E-state index in [0.29, 0.717) is 28.0 Å². The van der Waals surface area contributed by atoms with Gasteiger partial charge in [-0.3, -0.25) is 9.48 Å². The van der Waals surface area contributed by atoms with Gasteiger partial charge in [-0.25, -0.2) is 9.78 Å². The van der Waals surface area contributed by atoms with E-state index in [2.05, 4.69) is 15.1 Å². The molecule has 4 aromatic rings. The highest BCUT2D eigenvalue weighted by atomic mass is 35.5. The third kappa shape index (κ3) is 3.94. The largest absolute Gasteiger partial charge is 0.454 e. The predicted octanol–water partition coefficient (Wildman–Crippen LogP) is 3.18. The van der Waals surface area contributed by atoms with Gasteiger partial charge in [-0.2, -0.15) is 5.10 Å². The lowest BCUT2D eigenvalue weighted by Crippen LogP contribution is -2.14. The summed E-state index contributed by atoms with van der Waals surface area (Å²) in [6.45, 7) is 0.384. The molecule has 0 spiro atoms. The third-order valence-corrected chi connectivity index (χ3v) is 4.35. The smallest absolute Gasteiger partial charge is 0.341 e. The van der Waals surface area contributed by atoms with Crippen molar-refractivity contribution >= 4 is 28.5 Å². The van der Waals surface area contributed by atoms with E-state index < -0.39 is 5.97 Å². The number of carbonyl (C=O) groups is 1. The van der Waals surface area contributed by atoms with Crippen LogP contribution in [0, 0.1) is 0 Å². The second-order valence-electron chi connectivity index (χ2n) is 6.16. The first-order valence-corrected chi connectivity index (χ1v) is 8.88. The van der Waals surface area contributed by atoms with E-state index in [-0.39, 0.29) is 18.0 Å². The number of esters is 1. The van der Waals surface area contributed by atoms with Crippen LogP contribution in [0.1, 0.15) is 21.7 Å². The van der Waals surface area contributed by atoms with Gasteiger partial charge in [-0.15, -0.1) is 0 Å². The van der Waals surface area contributed by atoms with Crippen molar-refractivity contribution in [2.45, 2.75) is 13.2 Å². The van der Waals surface area contributed by atoms with Crippen molar-refractivity contribution in [3.8, 4) is 0 Å². The van der Waals surface area contributed by atoms with Gasteiger partial charge in [0.1, 0.15) is 12.4 Å². The SMILES string of the molecule is O=C(OCc1nc2cc(Cl)ccc2c(=O)[nH]1)c1cnn(Cc2ccccc2)c1. The van der Waals surface area contributed by atoms with E-state index >= 15 is 0 Å². The van der Waals surface area contributed by atoms with Crippen LogP contribution in [0.2, 0.25) is 5.02 Å². The van der Waals surface area contributed by atoms with Gasteiger partial charge in [0.05, 0.1) is 29.2 Å². The number of hydrogen-bond donors (Lipinski definition) is 1. The summed E-state index contributed by atoms with van der Waals surface area (Å²) >= 11 is 5.94. The van der Waals surface area contributed by atoms with Crippen molar-refractivity contribution in [2.24, 2.45) is 0 Å². The average molecular weight is 395 g/mol. The number of halogens is 1. The Labute approximate surface area is 164 Å². The second kappa shape index (κ2) is 7.66. The molecule has 0 bridgehead atoms. The number of ether oxygens (including phenoxy) is 1.